The molecule has 0 aliphatic heterocycles. The van der Waals surface area contributed by atoms with Gasteiger partial charge in [0.25, 0.3) is 5.91 Å². The van der Waals surface area contributed by atoms with Crippen LogP contribution in [0, 0.1) is 0 Å². The lowest BCUT2D eigenvalue weighted by molar-refractivity contribution is 0.0956. The van der Waals surface area contributed by atoms with Crippen LogP contribution in [0.15, 0.2) is 102 Å². The summed E-state index contributed by atoms with van der Waals surface area (Å²) in [6, 6.07) is 29.8. The number of carbonyl (C=O) groups excluding carboxylic acids is 1. The number of pyridine rings is 1. The first-order valence-electron chi connectivity index (χ1n) is 12.1. The molecule has 0 bridgehead atoms. The van der Waals surface area contributed by atoms with E-state index in [1.54, 1.807) is 24.3 Å². The molecule has 39 heavy (non-hydrogen) atoms. The molecule has 0 spiro atoms. The minimum absolute atomic E-state index is 0.226. The molecule has 8 heteroatoms. The third-order valence-electron chi connectivity index (χ3n) is 5.99. The third-order valence-corrected chi connectivity index (χ3v) is 6.64. The van der Waals surface area contributed by atoms with Gasteiger partial charge in [0.05, 0.1) is 35.1 Å². The molecule has 4 aromatic carbocycles. The Hall–Kier alpha value is -4.39. The number of hydrazone groups is 1. The number of para-hydroxylation sites is 1. The normalized spacial score (nSPS) is 11.1. The van der Waals surface area contributed by atoms with Gasteiger partial charge in [-0.25, -0.2) is 10.4 Å². The van der Waals surface area contributed by atoms with Gasteiger partial charge in [-0.3, -0.25) is 4.79 Å². The molecule has 194 valence electrons. The van der Waals surface area contributed by atoms with E-state index >= 15 is 0 Å². The van der Waals surface area contributed by atoms with E-state index in [0.29, 0.717) is 38.4 Å². The second-order valence-corrected chi connectivity index (χ2v) is 9.37. The summed E-state index contributed by atoms with van der Waals surface area (Å²) in [5.41, 5.74) is 6.86. The molecular weight excluding hydrogens is 533 g/mol. The largest absolute Gasteiger partial charge is 0.493 e. The fourth-order valence-corrected chi connectivity index (χ4v) is 4.53. The van der Waals surface area contributed by atoms with Crippen molar-refractivity contribution in [1.82, 2.24) is 10.4 Å². The van der Waals surface area contributed by atoms with Gasteiger partial charge < -0.3 is 9.47 Å². The van der Waals surface area contributed by atoms with Crippen LogP contribution in [0.4, 0.5) is 0 Å². The number of ether oxygens (including phenoxy) is 2. The van der Waals surface area contributed by atoms with Gasteiger partial charge in [0.1, 0.15) is 6.61 Å². The lowest BCUT2D eigenvalue weighted by Gasteiger charge is -2.14. The van der Waals surface area contributed by atoms with Crippen LogP contribution in [-0.2, 0) is 6.61 Å². The third kappa shape index (κ3) is 6.03. The number of benzene rings is 4. The molecule has 5 aromatic rings. The zero-order valence-corrected chi connectivity index (χ0v) is 22.4. The lowest BCUT2D eigenvalue weighted by Crippen LogP contribution is -2.18. The summed E-state index contributed by atoms with van der Waals surface area (Å²) in [5, 5.41) is 5.83. The van der Waals surface area contributed by atoms with Crippen LogP contribution in [0.5, 0.6) is 11.5 Å². The first-order valence-corrected chi connectivity index (χ1v) is 12.8. The van der Waals surface area contributed by atoms with Crippen LogP contribution in [0.3, 0.4) is 0 Å². The van der Waals surface area contributed by atoms with Gasteiger partial charge in [-0.05, 0) is 35.9 Å². The number of amides is 1. The van der Waals surface area contributed by atoms with Crippen molar-refractivity contribution in [3.8, 4) is 22.8 Å². The predicted molar refractivity (Wildman–Crippen MR) is 156 cm³/mol. The van der Waals surface area contributed by atoms with E-state index in [0.717, 1.165) is 22.0 Å². The molecule has 0 atom stereocenters. The SMILES string of the molecule is COc1cc(/C=N/NC(=O)c2cc(-c3ccccc3)nc3ccccc23)cc(Cl)c1OCc1ccccc1Cl. The van der Waals surface area contributed by atoms with E-state index in [4.69, 9.17) is 37.7 Å². The number of hydrogen-bond acceptors (Lipinski definition) is 5. The van der Waals surface area contributed by atoms with Gasteiger partial charge in [0.2, 0.25) is 0 Å². The molecule has 6 nitrogen and oxygen atoms in total. The number of rotatable bonds is 8. The zero-order chi connectivity index (χ0) is 27.2. The van der Waals surface area contributed by atoms with Crippen molar-refractivity contribution in [1.29, 1.82) is 0 Å². The number of methoxy groups -OCH3 is 1. The van der Waals surface area contributed by atoms with E-state index < -0.39 is 0 Å². The molecule has 0 unspecified atom stereocenters. The molecule has 0 saturated carbocycles. The lowest BCUT2D eigenvalue weighted by atomic mass is 10.0. The number of carbonyl (C=O) groups is 1. The summed E-state index contributed by atoms with van der Waals surface area (Å²) < 4.78 is 11.4. The number of fused-ring (bicyclic) bond motifs is 1. The van der Waals surface area contributed by atoms with Crippen molar-refractivity contribution >= 4 is 46.2 Å². The van der Waals surface area contributed by atoms with Crippen molar-refractivity contribution in [3.05, 3.63) is 124 Å². The quantitative estimate of drug-likeness (QED) is 0.158. The molecule has 1 heterocycles. The van der Waals surface area contributed by atoms with Gasteiger partial charge in [-0.1, -0.05) is 89.9 Å². The average molecular weight is 556 g/mol. The van der Waals surface area contributed by atoms with Crippen LogP contribution < -0.4 is 14.9 Å². The second-order valence-electron chi connectivity index (χ2n) is 8.55. The molecule has 0 aliphatic carbocycles. The highest BCUT2D eigenvalue weighted by Crippen LogP contribution is 2.37. The Labute approximate surface area is 235 Å². The highest BCUT2D eigenvalue weighted by molar-refractivity contribution is 6.32. The van der Waals surface area contributed by atoms with E-state index in [1.807, 2.05) is 72.8 Å². The van der Waals surface area contributed by atoms with E-state index in [1.165, 1.54) is 13.3 Å². The van der Waals surface area contributed by atoms with Crippen LogP contribution in [0.1, 0.15) is 21.5 Å². The topological polar surface area (TPSA) is 72.8 Å². The highest BCUT2D eigenvalue weighted by Gasteiger charge is 2.15. The van der Waals surface area contributed by atoms with Crippen LogP contribution in [-0.4, -0.2) is 24.2 Å². The van der Waals surface area contributed by atoms with Crippen molar-refractivity contribution < 1.29 is 14.3 Å². The summed E-state index contributed by atoms with van der Waals surface area (Å²) >= 11 is 12.7. The fourth-order valence-electron chi connectivity index (χ4n) is 4.07. The number of nitrogens with one attached hydrogen (secondary N) is 1. The first-order chi connectivity index (χ1) is 19.0. The molecule has 1 aromatic heterocycles. The van der Waals surface area contributed by atoms with Gasteiger partial charge in [0, 0.05) is 21.5 Å². The predicted octanol–water partition coefficient (Wildman–Crippen LogP) is 7.56. The number of hydrogen-bond donors (Lipinski definition) is 1. The fraction of sp³-hybridized carbons (Fsp3) is 0.0645. The monoisotopic (exact) mass is 555 g/mol. The maximum Gasteiger partial charge on any atom is 0.272 e. The van der Waals surface area contributed by atoms with E-state index in [-0.39, 0.29) is 12.5 Å². The summed E-state index contributed by atoms with van der Waals surface area (Å²) in [4.78, 5) is 17.9. The van der Waals surface area contributed by atoms with Gasteiger partial charge in [-0.2, -0.15) is 5.10 Å². The average Bonchev–Trinajstić information content (AvgIpc) is 2.97. The summed E-state index contributed by atoms with van der Waals surface area (Å²) in [5.74, 6) is 0.451. The Morgan fingerprint density at radius 3 is 2.46 bits per heavy atom. The standard InChI is InChI=1S/C31H23Cl2N3O3/c1-38-29-16-20(15-26(33)30(29)39-19-22-11-5-7-13-25(22)32)18-34-36-31(37)24-17-28(21-9-3-2-4-10-21)35-27-14-8-6-12-23(24)27/h2-18H,19H2,1H3,(H,36,37)/b34-18+. The summed E-state index contributed by atoms with van der Waals surface area (Å²) in [6.07, 6.45) is 1.49. The molecule has 0 saturated heterocycles. The van der Waals surface area contributed by atoms with Crippen LogP contribution in [0.2, 0.25) is 10.0 Å². The molecule has 0 radical (unpaired) electrons. The molecule has 5 rings (SSSR count). The van der Waals surface area contributed by atoms with Crippen molar-refractivity contribution in [2.45, 2.75) is 6.61 Å². The van der Waals surface area contributed by atoms with Crippen LogP contribution in [0.25, 0.3) is 22.2 Å². The first kappa shape index (κ1) is 26.2. The number of nitrogens with zero attached hydrogens (tertiary/aromatic N) is 2. The van der Waals surface area contributed by atoms with Crippen molar-refractivity contribution in [2.75, 3.05) is 7.11 Å². The molecular formula is C31H23Cl2N3O3. The Bertz CT molecular complexity index is 1670. The molecule has 0 fully saturated rings. The van der Waals surface area contributed by atoms with E-state index in [9.17, 15) is 4.79 Å². The zero-order valence-electron chi connectivity index (χ0n) is 20.9. The number of halogens is 2. The Morgan fingerprint density at radius 1 is 0.923 bits per heavy atom. The molecule has 1 amide bonds. The van der Waals surface area contributed by atoms with Crippen molar-refractivity contribution in [3.63, 3.8) is 0 Å². The Balaban J connectivity index is 1.35. The summed E-state index contributed by atoms with van der Waals surface area (Å²) in [6.45, 7) is 0.226. The summed E-state index contributed by atoms with van der Waals surface area (Å²) in [7, 11) is 1.52. The molecule has 1 N–H and O–H groups in total. The van der Waals surface area contributed by atoms with Gasteiger partial charge >= 0.3 is 0 Å². The number of aromatic nitrogens is 1. The second kappa shape index (κ2) is 12.0. The minimum Gasteiger partial charge on any atom is -0.493 e. The van der Waals surface area contributed by atoms with E-state index in [2.05, 4.69) is 10.5 Å². The van der Waals surface area contributed by atoms with Gasteiger partial charge in [-0.15, -0.1) is 0 Å². The Kier molecular flexibility index (Phi) is 8.06. The smallest absolute Gasteiger partial charge is 0.272 e. The minimum atomic E-state index is -0.361. The molecule has 0 aliphatic rings. The van der Waals surface area contributed by atoms with Gasteiger partial charge in [0.15, 0.2) is 11.5 Å². The highest BCUT2D eigenvalue weighted by atomic mass is 35.5. The van der Waals surface area contributed by atoms with Crippen molar-refractivity contribution in [2.24, 2.45) is 5.10 Å². The Morgan fingerprint density at radius 2 is 1.67 bits per heavy atom. The maximum absolute atomic E-state index is 13.2. The maximum atomic E-state index is 13.2. The van der Waals surface area contributed by atoms with Crippen LogP contribution >= 0.6 is 23.2 Å².